The highest BCUT2D eigenvalue weighted by Crippen LogP contribution is 2.32. The number of halogens is 3. The maximum absolute atomic E-state index is 6.22. The van der Waals surface area contributed by atoms with Crippen molar-refractivity contribution in [1.29, 1.82) is 0 Å². The number of aromatic nitrogens is 1. The molecule has 0 aliphatic carbocycles. The van der Waals surface area contributed by atoms with Crippen LogP contribution >= 0.6 is 51.5 Å². The molecule has 2 aromatic rings. The number of thiazole rings is 1. The SMILES string of the molecule is Br.Clc1ccc(-c2csc(NC3=NCCCCC3)n2)c(Cl)c1. The van der Waals surface area contributed by atoms with Crippen LogP contribution in [0.25, 0.3) is 11.3 Å². The molecule has 1 aliphatic rings. The van der Waals surface area contributed by atoms with Crippen LogP contribution < -0.4 is 5.32 Å². The summed E-state index contributed by atoms with van der Waals surface area (Å²) in [6.07, 6.45) is 4.61. The van der Waals surface area contributed by atoms with Crippen LogP contribution in [-0.2, 0) is 0 Å². The molecule has 0 spiro atoms. The summed E-state index contributed by atoms with van der Waals surface area (Å²) in [5, 5.41) is 7.43. The Morgan fingerprint density at radius 3 is 2.82 bits per heavy atom. The smallest absolute Gasteiger partial charge is 0.188 e. The van der Waals surface area contributed by atoms with Crippen molar-refractivity contribution >= 4 is 62.5 Å². The number of nitrogens with zero attached hydrogens (tertiary/aromatic N) is 2. The van der Waals surface area contributed by atoms with Crippen molar-refractivity contribution < 1.29 is 0 Å². The Morgan fingerprint density at radius 2 is 2.00 bits per heavy atom. The van der Waals surface area contributed by atoms with E-state index in [1.54, 1.807) is 17.4 Å². The second kappa shape index (κ2) is 8.29. The van der Waals surface area contributed by atoms with Crippen molar-refractivity contribution in [2.45, 2.75) is 25.7 Å². The van der Waals surface area contributed by atoms with Gasteiger partial charge < -0.3 is 5.32 Å². The molecule has 1 aliphatic heterocycles. The normalized spacial score (nSPS) is 14.7. The molecule has 0 atom stereocenters. The van der Waals surface area contributed by atoms with E-state index in [1.165, 1.54) is 19.3 Å². The van der Waals surface area contributed by atoms with E-state index in [2.05, 4.69) is 15.3 Å². The molecule has 7 heteroatoms. The van der Waals surface area contributed by atoms with E-state index >= 15 is 0 Å². The van der Waals surface area contributed by atoms with Gasteiger partial charge in [0, 0.05) is 28.9 Å². The Labute approximate surface area is 154 Å². The third-order valence-electron chi connectivity index (χ3n) is 3.34. The predicted octanol–water partition coefficient (Wildman–Crippen LogP) is 6.08. The standard InChI is InChI=1S/C15H15Cl2N3S.BrH/c16-10-5-6-11(12(17)8-10)13-9-21-15(19-13)20-14-4-2-1-3-7-18-14;/h5-6,8-9H,1-4,7H2,(H,18,19,20);1H. The summed E-state index contributed by atoms with van der Waals surface area (Å²) in [5.41, 5.74) is 1.76. The van der Waals surface area contributed by atoms with E-state index in [0.717, 1.165) is 35.2 Å². The first-order valence-electron chi connectivity index (χ1n) is 6.94. The van der Waals surface area contributed by atoms with Gasteiger partial charge in [0.1, 0.15) is 5.84 Å². The van der Waals surface area contributed by atoms with Gasteiger partial charge in [0.2, 0.25) is 0 Å². The zero-order chi connectivity index (χ0) is 14.7. The molecule has 0 saturated carbocycles. The van der Waals surface area contributed by atoms with E-state index in [0.29, 0.717) is 10.0 Å². The van der Waals surface area contributed by atoms with Crippen LogP contribution in [-0.4, -0.2) is 17.4 Å². The average molecular weight is 421 g/mol. The van der Waals surface area contributed by atoms with Crippen molar-refractivity contribution in [2.24, 2.45) is 4.99 Å². The van der Waals surface area contributed by atoms with Gasteiger partial charge in [0.15, 0.2) is 5.13 Å². The van der Waals surface area contributed by atoms with Gasteiger partial charge in [0.05, 0.1) is 10.7 Å². The minimum Gasteiger partial charge on any atom is -0.320 e. The first-order valence-corrected chi connectivity index (χ1v) is 8.57. The summed E-state index contributed by atoms with van der Waals surface area (Å²) in [5.74, 6) is 1.04. The Kier molecular flexibility index (Phi) is 6.68. The third kappa shape index (κ3) is 4.44. The highest BCUT2D eigenvalue weighted by molar-refractivity contribution is 8.93. The van der Waals surface area contributed by atoms with Crippen LogP contribution in [0.4, 0.5) is 5.13 Å². The summed E-state index contributed by atoms with van der Waals surface area (Å²) in [6, 6.07) is 5.46. The number of anilines is 1. The summed E-state index contributed by atoms with van der Waals surface area (Å²) in [4.78, 5) is 9.15. The van der Waals surface area contributed by atoms with Crippen molar-refractivity contribution in [3.63, 3.8) is 0 Å². The van der Waals surface area contributed by atoms with Gasteiger partial charge in [-0.3, -0.25) is 4.99 Å². The Hall–Kier alpha value is -0.620. The molecule has 118 valence electrons. The molecule has 0 fully saturated rings. The van der Waals surface area contributed by atoms with Crippen molar-refractivity contribution in [3.8, 4) is 11.3 Å². The molecule has 1 N–H and O–H groups in total. The van der Waals surface area contributed by atoms with Gasteiger partial charge in [-0.2, -0.15) is 0 Å². The molecule has 1 aromatic heterocycles. The highest BCUT2D eigenvalue weighted by atomic mass is 79.9. The fourth-order valence-electron chi connectivity index (χ4n) is 2.25. The van der Waals surface area contributed by atoms with Gasteiger partial charge >= 0.3 is 0 Å². The first kappa shape index (κ1) is 17.7. The molecular weight excluding hydrogens is 405 g/mol. The molecule has 0 saturated heterocycles. The molecule has 22 heavy (non-hydrogen) atoms. The van der Waals surface area contributed by atoms with Crippen LogP contribution in [0.3, 0.4) is 0 Å². The number of nitrogens with one attached hydrogen (secondary N) is 1. The van der Waals surface area contributed by atoms with E-state index in [-0.39, 0.29) is 17.0 Å². The summed E-state index contributed by atoms with van der Waals surface area (Å²) < 4.78 is 0. The van der Waals surface area contributed by atoms with Crippen LogP contribution in [0.5, 0.6) is 0 Å². The minimum absolute atomic E-state index is 0. The number of hydrogen-bond donors (Lipinski definition) is 1. The molecule has 3 rings (SSSR count). The lowest BCUT2D eigenvalue weighted by molar-refractivity contribution is 0.731. The van der Waals surface area contributed by atoms with E-state index in [4.69, 9.17) is 23.2 Å². The fraction of sp³-hybridized carbons (Fsp3) is 0.333. The van der Waals surface area contributed by atoms with Gasteiger partial charge in [-0.25, -0.2) is 4.98 Å². The van der Waals surface area contributed by atoms with Gasteiger partial charge in [-0.15, -0.1) is 28.3 Å². The van der Waals surface area contributed by atoms with Gasteiger partial charge in [-0.1, -0.05) is 29.6 Å². The lowest BCUT2D eigenvalue weighted by atomic mass is 10.2. The number of rotatable bonds is 2. The highest BCUT2D eigenvalue weighted by Gasteiger charge is 2.11. The number of benzene rings is 1. The summed E-state index contributed by atoms with van der Waals surface area (Å²) in [7, 11) is 0. The lowest BCUT2D eigenvalue weighted by Gasteiger charge is -2.04. The number of hydrogen-bond acceptors (Lipinski definition) is 4. The first-order chi connectivity index (χ1) is 10.2. The molecule has 0 amide bonds. The predicted molar refractivity (Wildman–Crippen MR) is 102 cm³/mol. The maximum atomic E-state index is 6.22. The molecule has 3 nitrogen and oxygen atoms in total. The topological polar surface area (TPSA) is 37.3 Å². The van der Waals surface area contributed by atoms with Crippen molar-refractivity contribution in [1.82, 2.24) is 4.98 Å². The number of aliphatic imine (C=N–C) groups is 1. The minimum atomic E-state index is 0. The van der Waals surface area contributed by atoms with Crippen LogP contribution in [0, 0.1) is 0 Å². The Balaban J connectivity index is 0.00000176. The monoisotopic (exact) mass is 419 g/mol. The summed E-state index contributed by atoms with van der Waals surface area (Å²) >= 11 is 13.7. The molecule has 1 aromatic carbocycles. The van der Waals surface area contributed by atoms with E-state index < -0.39 is 0 Å². The third-order valence-corrected chi connectivity index (χ3v) is 4.64. The average Bonchev–Trinajstić information content (AvgIpc) is 2.75. The second-order valence-corrected chi connectivity index (χ2v) is 6.63. The zero-order valence-electron chi connectivity index (χ0n) is 11.8. The molecule has 2 heterocycles. The van der Waals surface area contributed by atoms with E-state index in [1.807, 2.05) is 17.5 Å². The second-order valence-electron chi connectivity index (χ2n) is 4.93. The van der Waals surface area contributed by atoms with Crippen LogP contribution in [0.1, 0.15) is 25.7 Å². The van der Waals surface area contributed by atoms with E-state index in [9.17, 15) is 0 Å². The van der Waals surface area contributed by atoms with Gasteiger partial charge in [0.25, 0.3) is 0 Å². The van der Waals surface area contributed by atoms with Crippen LogP contribution in [0.15, 0.2) is 28.6 Å². The largest absolute Gasteiger partial charge is 0.320 e. The quantitative estimate of drug-likeness (QED) is 0.639. The van der Waals surface area contributed by atoms with Crippen molar-refractivity contribution in [2.75, 3.05) is 11.9 Å². The Morgan fingerprint density at radius 1 is 1.14 bits per heavy atom. The maximum Gasteiger partial charge on any atom is 0.188 e. The molecule has 0 bridgehead atoms. The molecule has 0 radical (unpaired) electrons. The molecule has 0 unspecified atom stereocenters. The number of amidine groups is 1. The van der Waals surface area contributed by atoms with Crippen LogP contribution in [0.2, 0.25) is 10.0 Å². The Bertz CT molecular complexity index is 673. The van der Waals surface area contributed by atoms with Crippen molar-refractivity contribution in [3.05, 3.63) is 33.6 Å². The zero-order valence-corrected chi connectivity index (χ0v) is 15.9. The lowest BCUT2D eigenvalue weighted by Crippen LogP contribution is -2.11. The molecular formula is C15H16BrCl2N3S. The fourth-order valence-corrected chi connectivity index (χ4v) is 3.49. The summed E-state index contributed by atoms with van der Waals surface area (Å²) in [6.45, 7) is 0.906. The van der Waals surface area contributed by atoms with Gasteiger partial charge in [-0.05, 0) is 31.0 Å².